The van der Waals surface area contributed by atoms with Crippen LogP contribution in [-0.2, 0) is 4.74 Å². The van der Waals surface area contributed by atoms with Crippen molar-refractivity contribution in [2.24, 2.45) is 0 Å². The molecule has 1 aromatic rings. The zero-order valence-electron chi connectivity index (χ0n) is 13.0. The van der Waals surface area contributed by atoms with E-state index in [1.165, 1.54) is 0 Å². The van der Waals surface area contributed by atoms with Crippen LogP contribution in [0.5, 0.6) is 11.5 Å². The van der Waals surface area contributed by atoms with Gasteiger partial charge in [0.25, 0.3) is 0 Å². The summed E-state index contributed by atoms with van der Waals surface area (Å²) in [6.45, 7) is 7.43. The second kappa shape index (κ2) is 6.96. The molecular formula is C15H21ClN2O4. The van der Waals surface area contributed by atoms with Gasteiger partial charge in [0.15, 0.2) is 11.5 Å². The Bertz CT molecular complexity index is 543. The third kappa shape index (κ3) is 4.87. The van der Waals surface area contributed by atoms with Crippen LogP contribution < -0.4 is 20.1 Å². The van der Waals surface area contributed by atoms with Gasteiger partial charge in [0.1, 0.15) is 18.8 Å². The first-order chi connectivity index (χ1) is 10.3. The number of carbonyl (C=O) groups excluding carboxylic acids is 1. The predicted molar refractivity (Wildman–Crippen MR) is 85.2 cm³/mol. The molecule has 0 unspecified atom stereocenters. The summed E-state index contributed by atoms with van der Waals surface area (Å²) in [7, 11) is 0. The maximum absolute atomic E-state index is 11.5. The van der Waals surface area contributed by atoms with E-state index in [0.29, 0.717) is 42.8 Å². The molecule has 0 aromatic heterocycles. The number of nitrogens with one attached hydrogen (secondary N) is 2. The van der Waals surface area contributed by atoms with E-state index in [1.807, 2.05) is 20.8 Å². The van der Waals surface area contributed by atoms with Crippen LogP contribution in [0.25, 0.3) is 0 Å². The van der Waals surface area contributed by atoms with Crippen molar-refractivity contribution in [1.82, 2.24) is 5.32 Å². The largest absolute Gasteiger partial charge is 0.486 e. The van der Waals surface area contributed by atoms with Gasteiger partial charge in [0.2, 0.25) is 0 Å². The second-order valence-electron chi connectivity index (χ2n) is 5.83. The SMILES string of the molecule is CC(C)(C)OC(=O)NCCNc1cc2c(cc1Cl)OCCO2. The van der Waals surface area contributed by atoms with Crippen molar-refractivity contribution < 1.29 is 19.0 Å². The second-order valence-corrected chi connectivity index (χ2v) is 6.24. The Balaban J connectivity index is 1.81. The molecule has 0 atom stereocenters. The molecule has 2 N–H and O–H groups in total. The molecule has 1 amide bonds. The van der Waals surface area contributed by atoms with Crippen LogP contribution in [0, 0.1) is 0 Å². The normalized spacial score (nSPS) is 13.5. The fraction of sp³-hybridized carbons (Fsp3) is 0.533. The van der Waals surface area contributed by atoms with Gasteiger partial charge in [-0.1, -0.05) is 11.6 Å². The lowest BCUT2D eigenvalue weighted by molar-refractivity contribution is 0.0530. The average Bonchev–Trinajstić information content (AvgIpc) is 2.42. The minimum Gasteiger partial charge on any atom is -0.486 e. The fourth-order valence-electron chi connectivity index (χ4n) is 1.88. The highest BCUT2D eigenvalue weighted by atomic mass is 35.5. The van der Waals surface area contributed by atoms with Crippen molar-refractivity contribution in [3.8, 4) is 11.5 Å². The highest BCUT2D eigenvalue weighted by Crippen LogP contribution is 2.37. The Morgan fingerprint density at radius 3 is 2.50 bits per heavy atom. The molecule has 2 rings (SSSR count). The summed E-state index contributed by atoms with van der Waals surface area (Å²) >= 11 is 6.18. The Kier molecular flexibility index (Phi) is 5.24. The van der Waals surface area contributed by atoms with E-state index < -0.39 is 11.7 Å². The highest BCUT2D eigenvalue weighted by molar-refractivity contribution is 6.33. The summed E-state index contributed by atoms with van der Waals surface area (Å²) in [5.74, 6) is 1.31. The molecule has 0 saturated carbocycles. The number of amides is 1. The van der Waals surface area contributed by atoms with Gasteiger partial charge < -0.3 is 24.8 Å². The summed E-state index contributed by atoms with van der Waals surface area (Å²) in [5.41, 5.74) is 0.230. The monoisotopic (exact) mass is 328 g/mol. The van der Waals surface area contributed by atoms with Gasteiger partial charge in [-0.15, -0.1) is 0 Å². The molecule has 122 valence electrons. The van der Waals surface area contributed by atoms with Crippen LogP contribution in [0.1, 0.15) is 20.8 Å². The van der Waals surface area contributed by atoms with E-state index >= 15 is 0 Å². The molecule has 1 heterocycles. The minimum absolute atomic E-state index is 0.416. The number of rotatable bonds is 4. The summed E-state index contributed by atoms with van der Waals surface area (Å²) < 4.78 is 16.1. The maximum Gasteiger partial charge on any atom is 0.407 e. The molecule has 6 nitrogen and oxygen atoms in total. The molecule has 0 saturated heterocycles. The molecule has 22 heavy (non-hydrogen) atoms. The van der Waals surface area contributed by atoms with Crippen LogP contribution in [0.15, 0.2) is 12.1 Å². The number of hydrogen-bond acceptors (Lipinski definition) is 5. The fourth-order valence-corrected chi connectivity index (χ4v) is 2.10. The number of ether oxygens (including phenoxy) is 3. The molecule has 0 spiro atoms. The van der Waals surface area contributed by atoms with Gasteiger partial charge in [-0.05, 0) is 20.8 Å². The quantitative estimate of drug-likeness (QED) is 0.831. The van der Waals surface area contributed by atoms with E-state index in [9.17, 15) is 4.79 Å². The van der Waals surface area contributed by atoms with Crippen LogP contribution in [0.3, 0.4) is 0 Å². The van der Waals surface area contributed by atoms with Crippen molar-refractivity contribution >= 4 is 23.4 Å². The topological polar surface area (TPSA) is 68.8 Å². The molecular weight excluding hydrogens is 308 g/mol. The maximum atomic E-state index is 11.5. The number of benzene rings is 1. The molecule has 1 aromatic carbocycles. The molecule has 0 bridgehead atoms. The van der Waals surface area contributed by atoms with E-state index in [-0.39, 0.29) is 0 Å². The Labute approximate surface area is 135 Å². The third-order valence-electron chi connectivity index (χ3n) is 2.74. The summed E-state index contributed by atoms with van der Waals surface area (Å²) in [6.07, 6.45) is -0.442. The Morgan fingerprint density at radius 2 is 1.86 bits per heavy atom. The third-order valence-corrected chi connectivity index (χ3v) is 3.05. The lowest BCUT2D eigenvalue weighted by atomic mass is 10.2. The van der Waals surface area contributed by atoms with Gasteiger partial charge in [0.05, 0.1) is 10.7 Å². The minimum atomic E-state index is -0.503. The number of fused-ring (bicyclic) bond motifs is 1. The van der Waals surface area contributed by atoms with E-state index in [1.54, 1.807) is 12.1 Å². The highest BCUT2D eigenvalue weighted by Gasteiger charge is 2.16. The average molecular weight is 329 g/mol. The first-order valence-electron chi connectivity index (χ1n) is 7.15. The zero-order chi connectivity index (χ0) is 16.2. The summed E-state index contributed by atoms with van der Waals surface area (Å²) in [4.78, 5) is 11.5. The number of carbonyl (C=O) groups is 1. The summed E-state index contributed by atoms with van der Waals surface area (Å²) in [6, 6.07) is 3.52. The van der Waals surface area contributed by atoms with Gasteiger partial charge >= 0.3 is 6.09 Å². The lowest BCUT2D eigenvalue weighted by Crippen LogP contribution is -2.35. The van der Waals surface area contributed by atoms with Crippen LogP contribution in [0.2, 0.25) is 5.02 Å². The van der Waals surface area contributed by atoms with Crippen molar-refractivity contribution in [3.63, 3.8) is 0 Å². The van der Waals surface area contributed by atoms with Crippen molar-refractivity contribution in [2.75, 3.05) is 31.6 Å². The number of halogens is 1. The standard InChI is InChI=1S/C15H21ClN2O4/c1-15(2,3)22-14(19)18-5-4-17-11-9-13-12(8-10(11)16)20-6-7-21-13/h8-9,17H,4-7H2,1-3H3,(H,18,19). The van der Waals surface area contributed by atoms with Gasteiger partial charge in [-0.2, -0.15) is 0 Å². The molecule has 0 radical (unpaired) electrons. The molecule has 1 aliphatic heterocycles. The lowest BCUT2D eigenvalue weighted by Gasteiger charge is -2.21. The number of hydrogen-bond donors (Lipinski definition) is 2. The Hall–Kier alpha value is -1.82. The molecule has 1 aliphatic rings. The van der Waals surface area contributed by atoms with Gasteiger partial charge in [0, 0.05) is 25.2 Å². The van der Waals surface area contributed by atoms with Crippen molar-refractivity contribution in [3.05, 3.63) is 17.2 Å². The predicted octanol–water partition coefficient (Wildman–Crippen LogP) is 3.05. The number of anilines is 1. The molecule has 0 aliphatic carbocycles. The van der Waals surface area contributed by atoms with Crippen molar-refractivity contribution in [2.45, 2.75) is 26.4 Å². The Morgan fingerprint density at radius 1 is 1.23 bits per heavy atom. The smallest absolute Gasteiger partial charge is 0.407 e. The molecule has 0 fully saturated rings. The van der Waals surface area contributed by atoms with Crippen molar-refractivity contribution in [1.29, 1.82) is 0 Å². The summed E-state index contributed by atoms with van der Waals surface area (Å²) in [5, 5.41) is 6.36. The van der Waals surface area contributed by atoms with E-state index in [2.05, 4.69) is 10.6 Å². The van der Waals surface area contributed by atoms with Crippen LogP contribution >= 0.6 is 11.6 Å². The van der Waals surface area contributed by atoms with Crippen LogP contribution in [0.4, 0.5) is 10.5 Å². The van der Waals surface area contributed by atoms with Gasteiger partial charge in [-0.3, -0.25) is 0 Å². The first kappa shape index (κ1) is 16.5. The van der Waals surface area contributed by atoms with Crippen LogP contribution in [-0.4, -0.2) is 38.0 Å². The van der Waals surface area contributed by atoms with E-state index in [0.717, 1.165) is 5.69 Å². The molecule has 7 heteroatoms. The van der Waals surface area contributed by atoms with Gasteiger partial charge in [-0.25, -0.2) is 4.79 Å². The van der Waals surface area contributed by atoms with E-state index in [4.69, 9.17) is 25.8 Å². The number of alkyl carbamates (subject to hydrolysis) is 1. The zero-order valence-corrected chi connectivity index (χ0v) is 13.8. The first-order valence-corrected chi connectivity index (χ1v) is 7.53.